The normalized spacial score (nSPS) is 17.8. The molecule has 2 fully saturated rings. The van der Waals surface area contributed by atoms with E-state index in [1.807, 2.05) is 9.80 Å². The van der Waals surface area contributed by atoms with Crippen molar-refractivity contribution in [2.75, 3.05) is 76.1 Å². The van der Waals surface area contributed by atoms with E-state index in [0.29, 0.717) is 45.0 Å². The summed E-state index contributed by atoms with van der Waals surface area (Å²) in [5, 5.41) is -0.308. The maximum absolute atomic E-state index is 14.4. The number of piperazine rings is 1. The average Bonchev–Trinajstić information content (AvgIpc) is 2.90. The minimum absolute atomic E-state index is 0.0303. The second-order valence-corrected chi connectivity index (χ2v) is 9.16. The van der Waals surface area contributed by atoms with Crippen LogP contribution in [0.25, 0.3) is 10.9 Å². The molecule has 4 rings (SSSR count). The van der Waals surface area contributed by atoms with Gasteiger partial charge in [0.1, 0.15) is 28.7 Å². The molecule has 37 heavy (non-hydrogen) atoms. The number of alkyl halides is 3. The minimum Gasteiger partial charge on any atom is -0.492 e. The molecule has 1 atom stereocenters. The van der Waals surface area contributed by atoms with Crippen molar-refractivity contribution in [3.8, 4) is 11.5 Å². The van der Waals surface area contributed by atoms with Gasteiger partial charge < -0.3 is 34.6 Å². The van der Waals surface area contributed by atoms with E-state index in [1.165, 1.54) is 21.3 Å². The van der Waals surface area contributed by atoms with Crippen LogP contribution in [0.15, 0.2) is 0 Å². The predicted octanol–water partition coefficient (Wildman–Crippen LogP) is 2.92. The Balaban J connectivity index is 1.85. The molecule has 0 bridgehead atoms. The Morgan fingerprint density at radius 2 is 1.54 bits per heavy atom. The summed E-state index contributed by atoms with van der Waals surface area (Å²) in [7, 11) is 3.97. The molecule has 0 spiro atoms. The highest BCUT2D eigenvalue weighted by molar-refractivity contribution is 6.05. The maximum atomic E-state index is 14.4. The van der Waals surface area contributed by atoms with Gasteiger partial charge in [-0.2, -0.15) is 18.2 Å². The number of nitrogens with zero attached hydrogens (tertiary/aromatic N) is 5. The van der Waals surface area contributed by atoms with Crippen molar-refractivity contribution >= 4 is 34.3 Å². The van der Waals surface area contributed by atoms with Crippen molar-refractivity contribution in [1.82, 2.24) is 14.9 Å². The molecule has 1 aromatic carbocycles. The van der Waals surface area contributed by atoms with Gasteiger partial charge in [-0.05, 0) is 26.2 Å². The highest BCUT2D eigenvalue weighted by atomic mass is 19.4. The molecule has 0 aliphatic carbocycles. The van der Waals surface area contributed by atoms with Gasteiger partial charge in [-0.25, -0.2) is 4.98 Å². The number of rotatable bonds is 6. The molecule has 1 aromatic heterocycles. The van der Waals surface area contributed by atoms with E-state index in [1.54, 1.807) is 11.8 Å². The fourth-order valence-electron chi connectivity index (χ4n) is 5.02. The van der Waals surface area contributed by atoms with E-state index in [2.05, 4.69) is 9.97 Å². The summed E-state index contributed by atoms with van der Waals surface area (Å²) in [4.78, 5) is 26.9. The van der Waals surface area contributed by atoms with Gasteiger partial charge in [-0.15, -0.1) is 0 Å². The van der Waals surface area contributed by atoms with E-state index in [9.17, 15) is 18.0 Å². The number of hydrogen-bond acceptors (Lipinski definition) is 9. The van der Waals surface area contributed by atoms with Crippen LogP contribution in [0.1, 0.15) is 31.7 Å². The summed E-state index contributed by atoms with van der Waals surface area (Å²) in [6.45, 7) is 4.54. The molecule has 2 aromatic rings. The summed E-state index contributed by atoms with van der Waals surface area (Å²) in [6, 6.07) is 0. The first-order valence-electron chi connectivity index (χ1n) is 12.3. The number of methoxy groups -OCH3 is 3. The van der Waals surface area contributed by atoms with Crippen LogP contribution in [-0.4, -0.2) is 87.5 Å². The molecular formula is C24H33F3N6O4. The Labute approximate surface area is 213 Å². The number of benzene rings is 1. The lowest BCUT2D eigenvalue weighted by Crippen LogP contribution is -2.51. The van der Waals surface area contributed by atoms with Crippen molar-refractivity contribution in [2.24, 2.45) is 0 Å². The van der Waals surface area contributed by atoms with Gasteiger partial charge >= 0.3 is 6.18 Å². The van der Waals surface area contributed by atoms with Gasteiger partial charge in [0.05, 0.1) is 19.6 Å². The van der Waals surface area contributed by atoms with Crippen LogP contribution in [0.5, 0.6) is 11.5 Å². The number of nitrogens with two attached hydrogens (primary N) is 1. The molecule has 1 unspecified atom stereocenters. The molecule has 2 aliphatic rings. The zero-order valence-corrected chi connectivity index (χ0v) is 21.5. The van der Waals surface area contributed by atoms with Gasteiger partial charge in [0.2, 0.25) is 5.95 Å². The quantitative estimate of drug-likeness (QED) is 0.608. The van der Waals surface area contributed by atoms with Crippen LogP contribution in [-0.2, 0) is 15.7 Å². The molecule has 1 amide bonds. The number of amides is 1. The minimum atomic E-state index is -4.79. The third-order valence-corrected chi connectivity index (χ3v) is 6.99. The van der Waals surface area contributed by atoms with E-state index < -0.39 is 23.6 Å². The standard InChI is InChI=1S/C24H33F3N6O4/c1-14(35-2)22(34)32-10-12-33(13-11-32)23-29-17-15(21(28)30-23)16(24(25,26)27)19(36-3)20(37-4)18(17)31-8-6-5-7-9-31/h14H,5-13H2,1-4H3,(H2,28,29,30). The van der Waals surface area contributed by atoms with Crippen molar-refractivity contribution in [3.05, 3.63) is 5.56 Å². The van der Waals surface area contributed by atoms with Crippen LogP contribution in [0.2, 0.25) is 0 Å². The Hall–Kier alpha value is -3.22. The van der Waals surface area contributed by atoms with Gasteiger partial charge in [0, 0.05) is 46.4 Å². The Bertz CT molecular complexity index is 1150. The Morgan fingerprint density at radius 1 is 0.919 bits per heavy atom. The van der Waals surface area contributed by atoms with E-state index in [0.717, 1.165) is 19.3 Å². The number of halogens is 3. The largest absolute Gasteiger partial charge is 0.492 e. The fraction of sp³-hybridized carbons (Fsp3) is 0.625. The van der Waals surface area contributed by atoms with E-state index in [4.69, 9.17) is 19.9 Å². The fourth-order valence-corrected chi connectivity index (χ4v) is 5.02. The maximum Gasteiger partial charge on any atom is 0.420 e. The first-order valence-corrected chi connectivity index (χ1v) is 12.3. The number of hydrogen-bond donors (Lipinski definition) is 1. The summed E-state index contributed by atoms with van der Waals surface area (Å²) < 4.78 is 59.1. The Kier molecular flexibility index (Phi) is 7.72. The first kappa shape index (κ1) is 26.8. The summed E-state index contributed by atoms with van der Waals surface area (Å²) >= 11 is 0. The summed E-state index contributed by atoms with van der Waals surface area (Å²) in [5.74, 6) is -0.684. The summed E-state index contributed by atoms with van der Waals surface area (Å²) in [6.07, 6.45) is -2.55. The van der Waals surface area contributed by atoms with Crippen LogP contribution in [0, 0.1) is 0 Å². The lowest BCUT2D eigenvalue weighted by atomic mass is 10.0. The molecule has 2 aliphatic heterocycles. The molecule has 3 heterocycles. The topological polar surface area (TPSA) is 106 Å². The monoisotopic (exact) mass is 526 g/mol. The predicted molar refractivity (Wildman–Crippen MR) is 133 cm³/mol. The Morgan fingerprint density at radius 3 is 2.08 bits per heavy atom. The lowest BCUT2D eigenvalue weighted by molar-refractivity contribution is -0.141. The third-order valence-electron chi connectivity index (χ3n) is 6.99. The smallest absolute Gasteiger partial charge is 0.420 e. The molecule has 0 saturated carbocycles. The molecule has 204 valence electrons. The third kappa shape index (κ3) is 5.00. The molecule has 2 saturated heterocycles. The van der Waals surface area contributed by atoms with E-state index >= 15 is 0 Å². The molecular weight excluding hydrogens is 493 g/mol. The van der Waals surface area contributed by atoms with Gasteiger partial charge in [-0.1, -0.05) is 0 Å². The van der Waals surface area contributed by atoms with Crippen molar-refractivity contribution in [1.29, 1.82) is 0 Å². The second kappa shape index (κ2) is 10.6. The number of piperidine rings is 1. The van der Waals surface area contributed by atoms with Crippen LogP contribution < -0.4 is 25.0 Å². The SMILES string of the molecule is COc1c(OC)c(C(F)(F)F)c2c(N)nc(N3CCN(C(=O)C(C)OC)CC3)nc2c1N1CCCCC1. The zero-order chi connectivity index (χ0) is 26.9. The van der Waals surface area contributed by atoms with Crippen LogP contribution in [0.3, 0.4) is 0 Å². The van der Waals surface area contributed by atoms with E-state index in [-0.39, 0.29) is 34.3 Å². The molecule has 13 heteroatoms. The van der Waals surface area contributed by atoms with Crippen molar-refractivity contribution in [2.45, 2.75) is 38.5 Å². The number of nitrogen functional groups attached to an aromatic ring is 1. The van der Waals surface area contributed by atoms with Crippen molar-refractivity contribution in [3.63, 3.8) is 0 Å². The number of anilines is 3. The van der Waals surface area contributed by atoms with Crippen molar-refractivity contribution < 1.29 is 32.2 Å². The molecule has 10 nitrogen and oxygen atoms in total. The lowest BCUT2D eigenvalue weighted by Gasteiger charge is -2.36. The van der Waals surface area contributed by atoms with Gasteiger partial charge in [-0.3, -0.25) is 4.79 Å². The number of ether oxygens (including phenoxy) is 3. The number of carbonyl (C=O) groups is 1. The summed E-state index contributed by atoms with van der Waals surface area (Å²) in [5.41, 5.74) is 5.66. The van der Waals surface area contributed by atoms with Crippen LogP contribution >= 0.6 is 0 Å². The average molecular weight is 527 g/mol. The van der Waals surface area contributed by atoms with Gasteiger partial charge in [0.25, 0.3) is 5.91 Å². The number of fused-ring (bicyclic) bond motifs is 1. The highest BCUT2D eigenvalue weighted by Gasteiger charge is 2.42. The first-order chi connectivity index (χ1) is 17.6. The highest BCUT2D eigenvalue weighted by Crippen LogP contribution is 2.53. The second-order valence-electron chi connectivity index (χ2n) is 9.16. The van der Waals surface area contributed by atoms with Crippen LogP contribution in [0.4, 0.5) is 30.6 Å². The number of aromatic nitrogens is 2. The van der Waals surface area contributed by atoms with Gasteiger partial charge in [0.15, 0.2) is 11.5 Å². The molecule has 0 radical (unpaired) electrons. The zero-order valence-electron chi connectivity index (χ0n) is 21.5. The number of carbonyl (C=O) groups excluding carboxylic acids is 1. The molecule has 2 N–H and O–H groups in total.